The number of hydrogen-bond acceptors (Lipinski definition) is 3. The number of benzene rings is 1. The fourth-order valence-electron chi connectivity index (χ4n) is 7.74. The van der Waals surface area contributed by atoms with Crippen molar-refractivity contribution < 1.29 is 14.4 Å². The van der Waals surface area contributed by atoms with Crippen molar-refractivity contribution in [2.75, 3.05) is 16.0 Å². The Balaban J connectivity index is 1.46. The van der Waals surface area contributed by atoms with Gasteiger partial charge in [0.25, 0.3) is 0 Å². The number of amides is 3. The van der Waals surface area contributed by atoms with E-state index >= 15 is 0 Å². The summed E-state index contributed by atoms with van der Waals surface area (Å²) in [7, 11) is 0. The van der Waals surface area contributed by atoms with Crippen molar-refractivity contribution in [1.29, 1.82) is 0 Å². The third-order valence-electron chi connectivity index (χ3n) is 10.9. The van der Waals surface area contributed by atoms with E-state index in [9.17, 15) is 14.4 Å². The van der Waals surface area contributed by atoms with E-state index in [1.165, 1.54) is 19.3 Å². The van der Waals surface area contributed by atoms with Gasteiger partial charge in [-0.1, -0.05) is 73.6 Å². The maximum absolute atomic E-state index is 13.4. The molecule has 43 heavy (non-hydrogen) atoms. The highest BCUT2D eigenvalue weighted by molar-refractivity contribution is 5.99. The lowest BCUT2D eigenvalue weighted by atomic mass is 9.69. The molecule has 0 bridgehead atoms. The first-order valence-corrected chi connectivity index (χ1v) is 17.4. The quantitative estimate of drug-likeness (QED) is 0.307. The van der Waals surface area contributed by atoms with Crippen LogP contribution in [0.15, 0.2) is 18.2 Å². The molecule has 1 aromatic rings. The monoisotopic (exact) mass is 593 g/mol. The van der Waals surface area contributed by atoms with Crippen LogP contribution in [-0.4, -0.2) is 17.7 Å². The van der Waals surface area contributed by atoms with Crippen molar-refractivity contribution in [1.82, 2.24) is 0 Å². The van der Waals surface area contributed by atoms with E-state index in [-0.39, 0.29) is 46.3 Å². The Morgan fingerprint density at radius 1 is 0.465 bits per heavy atom. The molecule has 6 heteroatoms. The van der Waals surface area contributed by atoms with Gasteiger partial charge in [0.15, 0.2) is 0 Å². The number of carbonyl (C=O) groups is 3. The number of carbonyl (C=O) groups excluding carboxylic acids is 3. The fraction of sp³-hybridized carbons (Fsp3) is 0.757. The molecule has 6 nitrogen and oxygen atoms in total. The predicted octanol–water partition coefficient (Wildman–Crippen LogP) is 9.57. The molecule has 3 N–H and O–H groups in total. The summed E-state index contributed by atoms with van der Waals surface area (Å²) in [5.74, 6) is 1.39. The van der Waals surface area contributed by atoms with Gasteiger partial charge in [0.05, 0.1) is 0 Å². The van der Waals surface area contributed by atoms with E-state index in [0.29, 0.717) is 28.9 Å². The Morgan fingerprint density at radius 2 is 0.744 bits per heavy atom. The van der Waals surface area contributed by atoms with Crippen molar-refractivity contribution in [3.05, 3.63) is 18.2 Å². The average Bonchev–Trinajstić information content (AvgIpc) is 2.92. The molecule has 0 spiro atoms. The van der Waals surface area contributed by atoms with Crippen molar-refractivity contribution in [2.45, 2.75) is 138 Å². The van der Waals surface area contributed by atoms with E-state index in [2.05, 4.69) is 57.5 Å². The Labute approximate surface area is 261 Å². The van der Waals surface area contributed by atoms with Gasteiger partial charge in [0.1, 0.15) is 0 Å². The van der Waals surface area contributed by atoms with Crippen LogP contribution in [0.1, 0.15) is 138 Å². The molecule has 3 aliphatic carbocycles. The third kappa shape index (κ3) is 9.81. The lowest BCUT2D eigenvalue weighted by molar-refractivity contribution is -0.122. The summed E-state index contributed by atoms with van der Waals surface area (Å²) < 4.78 is 0. The highest BCUT2D eigenvalue weighted by atomic mass is 16.2. The fourth-order valence-corrected chi connectivity index (χ4v) is 7.74. The zero-order valence-electron chi connectivity index (χ0n) is 28.0. The van der Waals surface area contributed by atoms with Gasteiger partial charge in [-0.25, -0.2) is 0 Å². The first kappa shape index (κ1) is 33.5. The Bertz CT molecular complexity index is 1020. The second-order valence-electron chi connectivity index (χ2n) is 16.1. The lowest BCUT2D eigenvalue weighted by Crippen LogP contribution is -2.32. The van der Waals surface area contributed by atoms with Gasteiger partial charge in [-0.15, -0.1) is 0 Å². The Kier molecular flexibility index (Phi) is 11.4. The minimum absolute atomic E-state index is 0.00703. The summed E-state index contributed by atoms with van der Waals surface area (Å²) in [4.78, 5) is 40.1. The average molecular weight is 594 g/mol. The van der Waals surface area contributed by atoms with Crippen LogP contribution in [0.4, 0.5) is 17.1 Å². The highest BCUT2D eigenvalue weighted by Gasteiger charge is 2.34. The lowest BCUT2D eigenvalue weighted by Gasteiger charge is -2.36. The second kappa shape index (κ2) is 14.6. The van der Waals surface area contributed by atoms with Crippen LogP contribution in [0.5, 0.6) is 0 Å². The van der Waals surface area contributed by atoms with Gasteiger partial charge < -0.3 is 16.0 Å². The summed E-state index contributed by atoms with van der Waals surface area (Å²) in [6, 6.07) is 5.55. The first-order chi connectivity index (χ1) is 20.3. The SMILES string of the molecule is CC(C)(C)C1CCC(C(=O)Nc2cc(NC(=O)C3CCCCCCC3)cc(NC(=O)C3CCC(C(C)(C)C)CC3)c2)CC1. The van der Waals surface area contributed by atoms with Crippen LogP contribution in [-0.2, 0) is 14.4 Å². The molecule has 3 amide bonds. The van der Waals surface area contributed by atoms with E-state index in [1.54, 1.807) is 0 Å². The normalized spacial score (nSPS) is 26.1. The zero-order chi connectivity index (χ0) is 31.2. The van der Waals surface area contributed by atoms with Crippen LogP contribution < -0.4 is 16.0 Å². The van der Waals surface area contributed by atoms with Gasteiger partial charge in [-0.2, -0.15) is 0 Å². The van der Waals surface area contributed by atoms with E-state index in [4.69, 9.17) is 0 Å². The number of anilines is 3. The van der Waals surface area contributed by atoms with Gasteiger partial charge in [-0.05, 0) is 105 Å². The molecule has 0 heterocycles. The summed E-state index contributed by atoms with van der Waals surface area (Å²) in [5, 5.41) is 9.45. The summed E-state index contributed by atoms with van der Waals surface area (Å²) >= 11 is 0. The molecule has 0 unspecified atom stereocenters. The molecule has 1 aromatic carbocycles. The highest BCUT2D eigenvalue weighted by Crippen LogP contribution is 2.41. The summed E-state index contributed by atoms with van der Waals surface area (Å²) in [5.41, 5.74) is 2.43. The summed E-state index contributed by atoms with van der Waals surface area (Å²) in [6.07, 6.45) is 15.5. The third-order valence-corrected chi connectivity index (χ3v) is 10.9. The Hall–Kier alpha value is -2.37. The summed E-state index contributed by atoms with van der Waals surface area (Å²) in [6.45, 7) is 13.8. The van der Waals surface area contributed by atoms with Crippen LogP contribution >= 0.6 is 0 Å². The predicted molar refractivity (Wildman–Crippen MR) is 178 cm³/mol. The molecule has 0 atom stereocenters. The van der Waals surface area contributed by atoms with Crippen molar-refractivity contribution in [3.63, 3.8) is 0 Å². The maximum atomic E-state index is 13.4. The first-order valence-electron chi connectivity index (χ1n) is 17.4. The minimum atomic E-state index is -0.0113. The molecule has 3 saturated carbocycles. The molecule has 4 rings (SSSR count). The van der Waals surface area contributed by atoms with Gasteiger partial charge in [-0.3, -0.25) is 14.4 Å². The molecule has 240 valence electrons. The van der Waals surface area contributed by atoms with Crippen LogP contribution in [0.25, 0.3) is 0 Å². The van der Waals surface area contributed by atoms with Crippen molar-refractivity contribution >= 4 is 34.8 Å². The van der Waals surface area contributed by atoms with Gasteiger partial charge in [0, 0.05) is 34.8 Å². The molecular formula is C37H59N3O3. The molecule has 3 aliphatic rings. The van der Waals surface area contributed by atoms with Crippen LogP contribution in [0.3, 0.4) is 0 Å². The molecule has 0 aliphatic heterocycles. The van der Waals surface area contributed by atoms with Crippen LogP contribution in [0.2, 0.25) is 0 Å². The van der Waals surface area contributed by atoms with Crippen molar-refractivity contribution in [2.24, 2.45) is 40.4 Å². The maximum Gasteiger partial charge on any atom is 0.227 e. The van der Waals surface area contributed by atoms with Crippen molar-refractivity contribution in [3.8, 4) is 0 Å². The zero-order valence-corrected chi connectivity index (χ0v) is 28.0. The standard InChI is InChI=1S/C37H59N3O3/c1-36(2,3)28-18-14-26(15-19-28)34(42)39-31-22-30(38-33(41)25-12-10-8-7-9-11-13-25)23-32(24-31)40-35(43)27-16-20-29(21-17-27)37(4,5)6/h22-29H,7-21H2,1-6H3,(H,38,41)(H,39,42)(H,40,43). The van der Waals surface area contributed by atoms with Crippen LogP contribution in [0, 0.1) is 40.4 Å². The van der Waals surface area contributed by atoms with Gasteiger partial charge in [0.2, 0.25) is 17.7 Å². The molecular weight excluding hydrogens is 534 g/mol. The molecule has 0 aromatic heterocycles. The minimum Gasteiger partial charge on any atom is -0.326 e. The van der Waals surface area contributed by atoms with Gasteiger partial charge >= 0.3 is 0 Å². The van der Waals surface area contributed by atoms with E-state index in [0.717, 1.165) is 77.0 Å². The smallest absolute Gasteiger partial charge is 0.227 e. The largest absolute Gasteiger partial charge is 0.326 e. The van der Waals surface area contributed by atoms with E-state index in [1.807, 2.05) is 18.2 Å². The number of hydrogen-bond donors (Lipinski definition) is 3. The molecule has 3 fully saturated rings. The second-order valence-corrected chi connectivity index (χ2v) is 16.1. The number of rotatable bonds is 6. The topological polar surface area (TPSA) is 87.3 Å². The Morgan fingerprint density at radius 3 is 1.05 bits per heavy atom. The van der Waals surface area contributed by atoms with E-state index < -0.39 is 0 Å². The molecule has 0 saturated heterocycles. The molecule has 0 radical (unpaired) electrons. The number of nitrogens with one attached hydrogen (secondary N) is 3.